The summed E-state index contributed by atoms with van der Waals surface area (Å²) < 4.78 is 0. The summed E-state index contributed by atoms with van der Waals surface area (Å²) in [5.74, 6) is -0.167. The number of allylic oxidation sites excluding steroid dienone is 3. The highest BCUT2D eigenvalue weighted by molar-refractivity contribution is 7.17. The normalized spacial score (nSPS) is 22.1. The Labute approximate surface area is 201 Å². The first-order chi connectivity index (χ1) is 16.1. The van der Waals surface area contributed by atoms with Crippen LogP contribution in [0.15, 0.2) is 46.9 Å². The van der Waals surface area contributed by atoms with Gasteiger partial charge in [0.05, 0.1) is 23.1 Å². The number of halogens is 1. The number of carbonyl (C=O) groups is 2. The molecule has 1 amide bonds. The number of thiophene rings is 1. The zero-order valence-electron chi connectivity index (χ0n) is 18.0. The van der Waals surface area contributed by atoms with Crippen LogP contribution in [0, 0.1) is 11.3 Å². The number of Topliss-reactive ketones (excluding diaryl/α,β-unsaturated/α-hetero) is 1. The molecule has 0 radical (unpaired) electrons. The molecule has 3 heterocycles. The first-order valence-corrected chi connectivity index (χ1v) is 12.7. The average molecular weight is 476 g/mol. The van der Waals surface area contributed by atoms with E-state index in [1.165, 1.54) is 11.3 Å². The van der Waals surface area contributed by atoms with Crippen molar-refractivity contribution in [3.63, 3.8) is 0 Å². The molecular weight excluding hydrogens is 454 g/mol. The highest BCUT2D eigenvalue weighted by atomic mass is 35.5. The predicted octanol–water partition coefficient (Wildman–Crippen LogP) is 5.76. The second-order valence-corrected chi connectivity index (χ2v) is 10.5. The van der Waals surface area contributed by atoms with Gasteiger partial charge in [-0.15, -0.1) is 11.3 Å². The lowest BCUT2D eigenvalue weighted by Crippen LogP contribution is -2.46. The van der Waals surface area contributed by atoms with Gasteiger partial charge in [0, 0.05) is 27.6 Å². The lowest BCUT2D eigenvalue weighted by atomic mass is 9.75. The van der Waals surface area contributed by atoms with Crippen molar-refractivity contribution in [2.75, 3.05) is 4.90 Å². The smallest absolute Gasteiger partial charge is 0.260 e. The maximum Gasteiger partial charge on any atom is 0.260 e. The summed E-state index contributed by atoms with van der Waals surface area (Å²) in [4.78, 5) is 30.0. The maximum atomic E-state index is 13.4. The van der Waals surface area contributed by atoms with E-state index in [1.54, 1.807) is 17.4 Å². The number of aryl methyl sites for hydroxylation is 1. The molecule has 0 fully saturated rings. The van der Waals surface area contributed by atoms with E-state index in [0.717, 1.165) is 65.9 Å². The number of anilines is 1. The first-order valence-electron chi connectivity index (χ1n) is 11.5. The number of rotatable bonds is 1. The number of hydrogen-bond acceptors (Lipinski definition) is 5. The molecule has 5 nitrogen and oxygen atoms in total. The Morgan fingerprint density at radius 2 is 1.88 bits per heavy atom. The molecule has 2 aliphatic carbocycles. The summed E-state index contributed by atoms with van der Waals surface area (Å²) >= 11 is 8.22. The van der Waals surface area contributed by atoms with E-state index < -0.39 is 5.92 Å². The van der Waals surface area contributed by atoms with Crippen molar-refractivity contribution in [2.24, 2.45) is 0 Å². The van der Waals surface area contributed by atoms with Crippen molar-refractivity contribution < 1.29 is 9.59 Å². The molecular formula is C26H22ClN3O2S. The van der Waals surface area contributed by atoms with Crippen LogP contribution in [0.25, 0.3) is 0 Å². The minimum Gasteiger partial charge on any atom is -0.307 e. The van der Waals surface area contributed by atoms with Gasteiger partial charge in [0.25, 0.3) is 5.91 Å². The van der Waals surface area contributed by atoms with E-state index in [4.69, 9.17) is 11.6 Å². The Hall–Kier alpha value is -2.88. The number of benzene rings is 1. The lowest BCUT2D eigenvalue weighted by Gasteiger charge is -2.42. The van der Waals surface area contributed by atoms with Crippen molar-refractivity contribution in [3.05, 3.63) is 73.5 Å². The molecule has 0 saturated heterocycles. The van der Waals surface area contributed by atoms with E-state index in [0.29, 0.717) is 28.4 Å². The van der Waals surface area contributed by atoms with Gasteiger partial charge in [-0.3, -0.25) is 14.5 Å². The molecule has 166 valence electrons. The van der Waals surface area contributed by atoms with Crippen LogP contribution in [-0.4, -0.2) is 11.7 Å². The number of fused-ring (bicyclic) bond motifs is 6. The van der Waals surface area contributed by atoms with Crippen molar-refractivity contribution in [3.8, 4) is 6.07 Å². The van der Waals surface area contributed by atoms with E-state index in [2.05, 4.69) is 11.4 Å². The van der Waals surface area contributed by atoms with Crippen molar-refractivity contribution in [1.29, 1.82) is 5.26 Å². The SMILES string of the molecule is N#CC1=C2NC(=O)c3c(sc4c3CCCCC4)N2C2=C(C(=O)CCC2)[C@H]1c1ccccc1Cl. The van der Waals surface area contributed by atoms with Crippen molar-refractivity contribution in [1.82, 2.24) is 5.32 Å². The number of amides is 1. The topological polar surface area (TPSA) is 73.2 Å². The van der Waals surface area contributed by atoms with E-state index in [9.17, 15) is 14.9 Å². The predicted molar refractivity (Wildman–Crippen MR) is 128 cm³/mol. The molecule has 4 aliphatic rings. The van der Waals surface area contributed by atoms with Gasteiger partial charge < -0.3 is 5.32 Å². The molecule has 0 unspecified atom stereocenters. The van der Waals surface area contributed by atoms with E-state index in [-0.39, 0.29) is 11.7 Å². The zero-order chi connectivity index (χ0) is 22.7. The molecule has 1 aromatic heterocycles. The van der Waals surface area contributed by atoms with Crippen LogP contribution in [0.4, 0.5) is 5.00 Å². The molecule has 1 aromatic carbocycles. The standard InChI is InChI=1S/C26H22ClN3O2S/c27-17-9-5-4-7-14(17)21-16(13-28)24-29-25(32)22-15-8-2-1-3-12-20(15)33-26(22)30(24)18-10-6-11-19(31)23(18)21/h4-5,7,9,21H,1-3,6,8,10-12H2,(H,29,32)/t21-/m0/s1. The van der Waals surface area contributed by atoms with Gasteiger partial charge in [0.2, 0.25) is 0 Å². The van der Waals surface area contributed by atoms with Crippen molar-refractivity contribution >= 4 is 39.6 Å². The van der Waals surface area contributed by atoms with E-state index >= 15 is 0 Å². The van der Waals surface area contributed by atoms with Gasteiger partial charge in [0.15, 0.2) is 5.78 Å². The summed E-state index contributed by atoms with van der Waals surface area (Å²) in [6, 6.07) is 9.70. The molecule has 7 heteroatoms. The molecule has 1 atom stereocenters. The third kappa shape index (κ3) is 3.03. The molecule has 6 rings (SSSR count). The summed E-state index contributed by atoms with van der Waals surface area (Å²) in [7, 11) is 0. The Balaban J connectivity index is 1.63. The van der Waals surface area contributed by atoms with E-state index in [1.807, 2.05) is 23.1 Å². The third-order valence-corrected chi connectivity index (χ3v) is 8.78. The Bertz CT molecular complexity index is 1330. The largest absolute Gasteiger partial charge is 0.307 e. The van der Waals surface area contributed by atoms with Crippen LogP contribution < -0.4 is 10.2 Å². The maximum absolute atomic E-state index is 13.4. The monoisotopic (exact) mass is 475 g/mol. The minimum atomic E-state index is -0.572. The van der Waals surface area contributed by atoms with Crippen LogP contribution in [0.1, 0.15) is 70.8 Å². The molecule has 0 bridgehead atoms. The number of nitrogens with one attached hydrogen (secondary N) is 1. The lowest BCUT2D eigenvalue weighted by molar-refractivity contribution is -0.116. The molecule has 2 aromatic rings. The van der Waals surface area contributed by atoms with Gasteiger partial charge in [-0.05, 0) is 55.7 Å². The quantitative estimate of drug-likeness (QED) is 0.532. The Morgan fingerprint density at radius 3 is 2.70 bits per heavy atom. The number of nitriles is 1. The summed E-state index contributed by atoms with van der Waals surface area (Å²) in [6.45, 7) is 0. The van der Waals surface area contributed by atoms with Gasteiger partial charge in [-0.2, -0.15) is 5.26 Å². The molecule has 0 spiro atoms. The average Bonchev–Trinajstić information content (AvgIpc) is 3.02. The molecule has 1 N–H and O–H groups in total. The zero-order valence-corrected chi connectivity index (χ0v) is 19.6. The fraction of sp³-hybridized carbons (Fsp3) is 0.346. The third-order valence-electron chi connectivity index (χ3n) is 7.16. The van der Waals surface area contributed by atoms with Gasteiger partial charge >= 0.3 is 0 Å². The fourth-order valence-electron chi connectivity index (χ4n) is 5.72. The summed E-state index contributed by atoms with van der Waals surface area (Å²) in [5, 5.41) is 14.7. The number of nitrogens with zero attached hydrogens (tertiary/aromatic N) is 2. The number of ketones is 1. The second kappa shape index (κ2) is 7.86. The Kier molecular flexibility index (Phi) is 4.93. The second-order valence-electron chi connectivity index (χ2n) is 9.00. The van der Waals surface area contributed by atoms with Crippen LogP contribution in [0.5, 0.6) is 0 Å². The van der Waals surface area contributed by atoms with Crippen molar-refractivity contribution in [2.45, 2.75) is 57.3 Å². The van der Waals surface area contributed by atoms with Crippen LogP contribution in [0.2, 0.25) is 5.02 Å². The van der Waals surface area contributed by atoms with Crippen LogP contribution in [0.3, 0.4) is 0 Å². The minimum absolute atomic E-state index is 0.0598. The number of carbonyl (C=O) groups excluding carboxylic acids is 2. The Morgan fingerprint density at radius 1 is 1.06 bits per heavy atom. The highest BCUT2D eigenvalue weighted by Gasteiger charge is 2.46. The van der Waals surface area contributed by atoms with Crippen LogP contribution >= 0.6 is 22.9 Å². The van der Waals surface area contributed by atoms with Gasteiger partial charge in [-0.25, -0.2) is 0 Å². The molecule has 33 heavy (non-hydrogen) atoms. The molecule has 2 aliphatic heterocycles. The highest BCUT2D eigenvalue weighted by Crippen LogP contribution is 2.52. The summed E-state index contributed by atoms with van der Waals surface area (Å²) in [5.41, 5.74) is 4.55. The first kappa shape index (κ1) is 20.7. The molecule has 0 saturated carbocycles. The fourth-order valence-corrected chi connectivity index (χ4v) is 7.38. The van der Waals surface area contributed by atoms with Crippen LogP contribution in [-0.2, 0) is 17.6 Å². The van der Waals surface area contributed by atoms with Gasteiger partial charge in [0.1, 0.15) is 10.8 Å². The summed E-state index contributed by atoms with van der Waals surface area (Å²) in [6.07, 6.45) is 7.20. The number of hydrogen-bond donors (Lipinski definition) is 1. The van der Waals surface area contributed by atoms with Gasteiger partial charge in [-0.1, -0.05) is 36.2 Å².